The Hall–Kier alpha value is -3.40. The van der Waals surface area contributed by atoms with E-state index in [2.05, 4.69) is 10.2 Å². The Morgan fingerprint density at radius 3 is 2.26 bits per heavy atom. The van der Waals surface area contributed by atoms with Crippen molar-refractivity contribution in [2.24, 2.45) is 0 Å². The Morgan fingerprint density at radius 1 is 0.947 bits per heavy atom. The van der Waals surface area contributed by atoms with E-state index in [0.717, 1.165) is 50.4 Å². The third kappa shape index (κ3) is 5.14. The molecule has 1 amide bonds. The van der Waals surface area contributed by atoms with Crippen molar-refractivity contribution in [2.45, 2.75) is 31.8 Å². The zero-order chi connectivity index (χ0) is 26.9. The van der Waals surface area contributed by atoms with Gasteiger partial charge in [0.05, 0.1) is 16.9 Å². The first-order chi connectivity index (χ1) is 18.3. The molecule has 2 atom stereocenters. The van der Waals surface area contributed by atoms with E-state index in [1.807, 2.05) is 24.3 Å². The molecule has 6 nitrogen and oxygen atoms in total. The van der Waals surface area contributed by atoms with Crippen molar-refractivity contribution < 1.29 is 23.1 Å². The topological polar surface area (TPSA) is 59.1 Å². The molecule has 3 aromatic rings. The van der Waals surface area contributed by atoms with Crippen molar-refractivity contribution in [3.63, 3.8) is 0 Å². The van der Waals surface area contributed by atoms with Crippen LogP contribution < -0.4 is 15.1 Å². The maximum Gasteiger partial charge on any atom is 0.416 e. The molecule has 9 heteroatoms. The molecule has 0 spiro atoms. The summed E-state index contributed by atoms with van der Waals surface area (Å²) >= 11 is 0. The van der Waals surface area contributed by atoms with Gasteiger partial charge in [0, 0.05) is 45.0 Å². The molecule has 5 rings (SSSR count). The van der Waals surface area contributed by atoms with E-state index in [4.69, 9.17) is 0 Å². The number of amides is 1. The molecule has 0 aromatic heterocycles. The molecule has 0 bridgehead atoms. The second-order valence-electron chi connectivity index (χ2n) is 9.65. The van der Waals surface area contributed by atoms with Crippen LogP contribution in [0.5, 0.6) is 0 Å². The lowest BCUT2D eigenvalue weighted by molar-refractivity contribution is -0.137. The zero-order valence-electron chi connectivity index (χ0n) is 21.2. The minimum atomic E-state index is -4.57. The lowest BCUT2D eigenvalue weighted by Gasteiger charge is -2.33. The highest BCUT2D eigenvalue weighted by Gasteiger charge is 2.42. The Balaban J connectivity index is 1.57. The number of anilines is 3. The molecule has 0 aliphatic carbocycles. The van der Waals surface area contributed by atoms with Crippen molar-refractivity contribution in [1.29, 1.82) is 0 Å². The van der Waals surface area contributed by atoms with Crippen LogP contribution in [0.3, 0.4) is 0 Å². The lowest BCUT2D eigenvalue weighted by Crippen LogP contribution is -2.43. The average Bonchev–Trinajstić information content (AvgIpc) is 3.00. The van der Waals surface area contributed by atoms with Gasteiger partial charge in [-0.1, -0.05) is 42.5 Å². The molecular weight excluding hydrogens is 493 g/mol. The van der Waals surface area contributed by atoms with Gasteiger partial charge >= 0.3 is 6.18 Å². The number of para-hydroxylation sites is 1. The number of alkyl halides is 3. The zero-order valence-corrected chi connectivity index (χ0v) is 21.2. The maximum atomic E-state index is 13.9. The van der Waals surface area contributed by atoms with Crippen LogP contribution in [0.1, 0.15) is 29.5 Å². The number of hydrogen-bond acceptors (Lipinski definition) is 5. The van der Waals surface area contributed by atoms with E-state index < -0.39 is 23.9 Å². The molecule has 1 saturated heterocycles. The molecule has 2 N–H and O–H groups in total. The van der Waals surface area contributed by atoms with Crippen molar-refractivity contribution in [1.82, 2.24) is 10.2 Å². The Bertz CT molecular complexity index is 1260. The van der Waals surface area contributed by atoms with Crippen molar-refractivity contribution in [3.05, 3.63) is 89.5 Å². The molecule has 2 aliphatic heterocycles. The van der Waals surface area contributed by atoms with Gasteiger partial charge in [0.2, 0.25) is 5.91 Å². The van der Waals surface area contributed by atoms with Gasteiger partial charge in [-0.25, -0.2) is 0 Å². The highest BCUT2D eigenvalue weighted by atomic mass is 19.4. The lowest BCUT2D eigenvalue weighted by atomic mass is 9.94. The van der Waals surface area contributed by atoms with Gasteiger partial charge in [0.25, 0.3) is 0 Å². The summed E-state index contributed by atoms with van der Waals surface area (Å²) in [7, 11) is 0. The minimum absolute atomic E-state index is 0.131. The van der Waals surface area contributed by atoms with E-state index >= 15 is 0 Å². The van der Waals surface area contributed by atoms with Gasteiger partial charge in [0.15, 0.2) is 0 Å². The molecule has 38 heavy (non-hydrogen) atoms. The molecule has 2 unspecified atom stereocenters. The van der Waals surface area contributed by atoms with E-state index in [0.29, 0.717) is 16.9 Å². The predicted octanol–water partition coefficient (Wildman–Crippen LogP) is 4.72. The van der Waals surface area contributed by atoms with E-state index in [1.54, 1.807) is 37.3 Å². The van der Waals surface area contributed by atoms with Crippen molar-refractivity contribution in [3.8, 4) is 0 Å². The Morgan fingerprint density at radius 2 is 1.63 bits per heavy atom. The summed E-state index contributed by atoms with van der Waals surface area (Å²) in [5.41, 5.74) is 1.81. The standard InChI is InChI=1S/C29H31F3N4O2/c1-2-35-24-13-12-22(29(30,31)32)18-25(24)36(23-6-4-3-5-7-23)28(38)26(27(35)37)21-10-8-20(9-11-21)19-34-16-14-33-15-17-34/h3-13,18,26,28,33,38H,2,14-17,19H2,1H3. The number of fused-ring (bicyclic) bond motifs is 1. The number of rotatable bonds is 5. The molecule has 2 aliphatic rings. The molecule has 1 fully saturated rings. The van der Waals surface area contributed by atoms with Crippen LogP contribution in [-0.2, 0) is 17.5 Å². The first-order valence-corrected chi connectivity index (χ1v) is 12.8. The highest BCUT2D eigenvalue weighted by Crippen LogP contribution is 2.45. The highest BCUT2D eigenvalue weighted by molar-refractivity contribution is 6.04. The third-order valence-corrected chi connectivity index (χ3v) is 7.25. The van der Waals surface area contributed by atoms with E-state index in [1.165, 1.54) is 15.9 Å². The number of likely N-dealkylation sites (N-methyl/N-ethyl adjacent to an activating group) is 1. The van der Waals surface area contributed by atoms with Gasteiger partial charge in [-0.2, -0.15) is 13.2 Å². The van der Waals surface area contributed by atoms with Crippen LogP contribution in [0.25, 0.3) is 0 Å². The molecule has 200 valence electrons. The third-order valence-electron chi connectivity index (χ3n) is 7.25. The number of aliphatic hydroxyl groups is 1. The number of nitrogens with one attached hydrogen (secondary N) is 1. The largest absolute Gasteiger partial charge is 0.416 e. The summed E-state index contributed by atoms with van der Waals surface area (Å²) in [6.45, 7) is 6.60. The van der Waals surface area contributed by atoms with Crippen LogP contribution in [0.4, 0.5) is 30.2 Å². The van der Waals surface area contributed by atoms with Crippen molar-refractivity contribution in [2.75, 3.05) is 42.5 Å². The number of piperazine rings is 1. The maximum absolute atomic E-state index is 13.9. The second kappa shape index (κ2) is 10.8. The van der Waals surface area contributed by atoms with Crippen LogP contribution in [-0.4, -0.2) is 54.9 Å². The number of carbonyl (C=O) groups excluding carboxylic acids is 1. The van der Waals surface area contributed by atoms with Crippen LogP contribution >= 0.6 is 0 Å². The summed E-state index contributed by atoms with van der Waals surface area (Å²) in [6, 6.07) is 19.6. The second-order valence-corrected chi connectivity index (χ2v) is 9.65. The summed E-state index contributed by atoms with van der Waals surface area (Å²) in [5.74, 6) is -1.38. The SMILES string of the molecule is CCN1C(=O)C(c2ccc(CN3CCNCC3)cc2)C(O)N(c2ccccc2)c2cc(C(F)(F)F)ccc21. The van der Waals surface area contributed by atoms with Crippen LogP contribution in [0, 0.1) is 0 Å². The van der Waals surface area contributed by atoms with Gasteiger partial charge in [-0.15, -0.1) is 0 Å². The van der Waals surface area contributed by atoms with Gasteiger partial charge < -0.3 is 20.2 Å². The summed E-state index contributed by atoms with van der Waals surface area (Å²) < 4.78 is 41.2. The number of nitrogens with zero attached hydrogens (tertiary/aromatic N) is 3. The van der Waals surface area contributed by atoms with E-state index in [-0.39, 0.29) is 18.1 Å². The number of hydrogen-bond donors (Lipinski definition) is 2. The van der Waals surface area contributed by atoms with E-state index in [9.17, 15) is 23.1 Å². The Labute approximate surface area is 220 Å². The fourth-order valence-electron chi connectivity index (χ4n) is 5.31. The quantitative estimate of drug-likeness (QED) is 0.506. The fraction of sp³-hybridized carbons (Fsp3) is 0.345. The number of benzene rings is 3. The monoisotopic (exact) mass is 524 g/mol. The fourth-order valence-corrected chi connectivity index (χ4v) is 5.31. The first kappa shape index (κ1) is 26.2. The Kier molecular flexibility index (Phi) is 7.43. The van der Waals surface area contributed by atoms with Gasteiger partial charge in [0.1, 0.15) is 12.1 Å². The van der Waals surface area contributed by atoms with Crippen LogP contribution in [0.2, 0.25) is 0 Å². The number of carbonyl (C=O) groups is 1. The normalized spacial score (nSPS) is 20.8. The number of aliphatic hydroxyl groups excluding tert-OH is 1. The number of halogens is 3. The smallest absolute Gasteiger partial charge is 0.372 e. The minimum Gasteiger partial charge on any atom is -0.372 e. The molecule has 0 radical (unpaired) electrons. The summed E-state index contributed by atoms with van der Waals surface area (Å²) in [4.78, 5) is 19.2. The summed E-state index contributed by atoms with van der Waals surface area (Å²) in [5, 5.41) is 15.1. The average molecular weight is 525 g/mol. The predicted molar refractivity (Wildman–Crippen MR) is 141 cm³/mol. The van der Waals surface area contributed by atoms with Crippen molar-refractivity contribution >= 4 is 23.0 Å². The van der Waals surface area contributed by atoms with Gasteiger partial charge in [-0.05, 0) is 48.4 Å². The molecular formula is C29H31F3N4O2. The molecule has 0 saturated carbocycles. The van der Waals surface area contributed by atoms with Crippen LogP contribution in [0.15, 0.2) is 72.8 Å². The first-order valence-electron chi connectivity index (χ1n) is 12.8. The summed E-state index contributed by atoms with van der Waals surface area (Å²) in [6.07, 6.45) is -6.00. The molecule has 3 aromatic carbocycles. The van der Waals surface area contributed by atoms with Gasteiger partial charge in [-0.3, -0.25) is 9.69 Å². The molecule has 2 heterocycles.